The molecule has 1 aromatic carbocycles. The van der Waals surface area contributed by atoms with E-state index in [0.717, 1.165) is 24.2 Å². The van der Waals surface area contributed by atoms with E-state index in [1.807, 2.05) is 6.07 Å². The number of hydrogen-bond acceptors (Lipinski definition) is 3. The van der Waals surface area contributed by atoms with Gasteiger partial charge in [-0.25, -0.2) is 9.37 Å². The third kappa shape index (κ3) is 1.76. The van der Waals surface area contributed by atoms with E-state index in [2.05, 4.69) is 14.6 Å². The first-order valence-corrected chi connectivity index (χ1v) is 6.65. The fraction of sp³-hybridized carbons (Fsp3) is 0.286. The summed E-state index contributed by atoms with van der Waals surface area (Å²) in [4.78, 5) is 4.46. The van der Waals surface area contributed by atoms with Crippen molar-refractivity contribution in [3.05, 3.63) is 42.2 Å². The summed E-state index contributed by atoms with van der Waals surface area (Å²) in [6.07, 6.45) is 5.60. The maximum absolute atomic E-state index is 13.9. The minimum atomic E-state index is -0.275. The molecule has 5 nitrogen and oxygen atoms in total. The Labute approximate surface area is 114 Å². The van der Waals surface area contributed by atoms with Crippen LogP contribution in [0, 0.1) is 5.82 Å². The third-order valence-electron chi connectivity index (χ3n) is 3.61. The van der Waals surface area contributed by atoms with Gasteiger partial charge in [-0.2, -0.15) is 5.10 Å². The SMILES string of the molecule is Nc1cnn(Cc2nc3c(F)cccc3n2C2CC2)c1. The van der Waals surface area contributed by atoms with Crippen LogP contribution in [0.1, 0.15) is 24.7 Å². The van der Waals surface area contributed by atoms with Gasteiger partial charge in [-0.05, 0) is 25.0 Å². The van der Waals surface area contributed by atoms with E-state index in [-0.39, 0.29) is 5.82 Å². The van der Waals surface area contributed by atoms with Crippen LogP contribution in [0.3, 0.4) is 0 Å². The largest absolute Gasteiger partial charge is 0.396 e. The zero-order valence-electron chi connectivity index (χ0n) is 10.8. The maximum Gasteiger partial charge on any atom is 0.151 e. The van der Waals surface area contributed by atoms with Crippen LogP contribution in [0.15, 0.2) is 30.6 Å². The molecule has 1 aliphatic carbocycles. The van der Waals surface area contributed by atoms with Gasteiger partial charge in [0, 0.05) is 12.2 Å². The van der Waals surface area contributed by atoms with Gasteiger partial charge in [0.2, 0.25) is 0 Å². The van der Waals surface area contributed by atoms with Gasteiger partial charge < -0.3 is 10.3 Å². The maximum atomic E-state index is 13.9. The van der Waals surface area contributed by atoms with E-state index < -0.39 is 0 Å². The van der Waals surface area contributed by atoms with Gasteiger partial charge in [0.15, 0.2) is 5.82 Å². The molecule has 0 amide bonds. The summed E-state index contributed by atoms with van der Waals surface area (Å²) in [5, 5.41) is 4.17. The molecule has 6 heteroatoms. The number of para-hydroxylation sites is 1. The molecule has 0 atom stereocenters. The number of halogens is 1. The summed E-state index contributed by atoms with van der Waals surface area (Å²) in [6.45, 7) is 0.502. The number of nitrogens with zero attached hydrogens (tertiary/aromatic N) is 4. The van der Waals surface area contributed by atoms with Crippen molar-refractivity contribution < 1.29 is 4.39 Å². The molecule has 0 aliphatic heterocycles. The minimum Gasteiger partial charge on any atom is -0.396 e. The highest BCUT2D eigenvalue weighted by molar-refractivity contribution is 5.77. The summed E-state index contributed by atoms with van der Waals surface area (Å²) in [6, 6.07) is 5.53. The first-order chi connectivity index (χ1) is 9.72. The van der Waals surface area contributed by atoms with E-state index in [0.29, 0.717) is 23.8 Å². The van der Waals surface area contributed by atoms with Gasteiger partial charge in [-0.3, -0.25) is 4.68 Å². The second kappa shape index (κ2) is 4.06. The fourth-order valence-electron chi connectivity index (χ4n) is 2.59. The van der Waals surface area contributed by atoms with E-state index in [9.17, 15) is 4.39 Å². The zero-order valence-corrected chi connectivity index (χ0v) is 10.8. The Hall–Kier alpha value is -2.37. The average Bonchev–Trinajstić information content (AvgIpc) is 3.07. The molecule has 4 rings (SSSR count). The molecular formula is C14H14FN5. The van der Waals surface area contributed by atoms with Crippen LogP contribution in [-0.2, 0) is 6.54 Å². The molecule has 2 N–H and O–H groups in total. The lowest BCUT2D eigenvalue weighted by Crippen LogP contribution is -2.08. The lowest BCUT2D eigenvalue weighted by Gasteiger charge is -2.07. The Bertz CT molecular complexity index is 784. The first kappa shape index (κ1) is 11.5. The number of aromatic nitrogens is 4. The summed E-state index contributed by atoms with van der Waals surface area (Å²) < 4.78 is 17.8. The van der Waals surface area contributed by atoms with Crippen LogP contribution in [0.5, 0.6) is 0 Å². The first-order valence-electron chi connectivity index (χ1n) is 6.65. The highest BCUT2D eigenvalue weighted by Gasteiger charge is 2.28. The van der Waals surface area contributed by atoms with Crippen LogP contribution in [0.25, 0.3) is 11.0 Å². The Kier molecular flexibility index (Phi) is 2.33. The number of rotatable bonds is 3. The molecule has 0 unspecified atom stereocenters. The Morgan fingerprint density at radius 1 is 1.35 bits per heavy atom. The number of anilines is 1. The van der Waals surface area contributed by atoms with Crippen molar-refractivity contribution in [3.63, 3.8) is 0 Å². The van der Waals surface area contributed by atoms with Crippen molar-refractivity contribution in [2.45, 2.75) is 25.4 Å². The van der Waals surface area contributed by atoms with Crippen molar-refractivity contribution in [1.82, 2.24) is 19.3 Å². The van der Waals surface area contributed by atoms with Gasteiger partial charge >= 0.3 is 0 Å². The highest BCUT2D eigenvalue weighted by Crippen LogP contribution is 2.39. The number of nitrogens with two attached hydrogens (primary N) is 1. The number of imidazole rings is 1. The molecule has 102 valence electrons. The number of hydrogen-bond donors (Lipinski definition) is 1. The molecule has 1 saturated carbocycles. The van der Waals surface area contributed by atoms with Gasteiger partial charge in [-0.1, -0.05) is 6.07 Å². The predicted molar refractivity (Wildman–Crippen MR) is 73.7 cm³/mol. The van der Waals surface area contributed by atoms with Gasteiger partial charge in [0.1, 0.15) is 11.3 Å². The fourth-order valence-corrected chi connectivity index (χ4v) is 2.59. The summed E-state index contributed by atoms with van der Waals surface area (Å²) in [5.74, 6) is 0.554. The lowest BCUT2D eigenvalue weighted by atomic mass is 10.3. The molecule has 0 radical (unpaired) electrons. The lowest BCUT2D eigenvalue weighted by molar-refractivity contribution is 0.607. The third-order valence-corrected chi connectivity index (χ3v) is 3.61. The zero-order chi connectivity index (χ0) is 13.7. The Balaban J connectivity index is 1.85. The molecular weight excluding hydrogens is 257 g/mol. The Morgan fingerprint density at radius 3 is 2.90 bits per heavy atom. The second-order valence-corrected chi connectivity index (χ2v) is 5.21. The molecule has 3 aromatic rings. The van der Waals surface area contributed by atoms with Crippen LogP contribution in [0.2, 0.25) is 0 Å². The van der Waals surface area contributed by atoms with Crippen molar-refractivity contribution in [2.75, 3.05) is 5.73 Å². The van der Waals surface area contributed by atoms with E-state index >= 15 is 0 Å². The van der Waals surface area contributed by atoms with Crippen molar-refractivity contribution >= 4 is 16.7 Å². The monoisotopic (exact) mass is 271 g/mol. The standard InChI is InChI=1S/C14H14FN5/c15-11-2-1-3-12-14(11)18-13(20(12)10-4-5-10)8-19-7-9(16)6-17-19/h1-3,6-7,10H,4-5,8,16H2. The molecule has 1 aliphatic rings. The minimum absolute atomic E-state index is 0.275. The van der Waals surface area contributed by atoms with Crippen LogP contribution in [-0.4, -0.2) is 19.3 Å². The molecule has 2 aromatic heterocycles. The second-order valence-electron chi connectivity index (χ2n) is 5.21. The van der Waals surface area contributed by atoms with Crippen LogP contribution in [0.4, 0.5) is 10.1 Å². The summed E-state index contributed by atoms with van der Waals surface area (Å²) in [7, 11) is 0. The normalized spacial score (nSPS) is 15.1. The van der Waals surface area contributed by atoms with Crippen LogP contribution >= 0.6 is 0 Å². The molecule has 1 fully saturated rings. The summed E-state index contributed by atoms with van der Waals surface area (Å²) in [5.41, 5.74) is 7.59. The van der Waals surface area contributed by atoms with Crippen molar-refractivity contribution in [3.8, 4) is 0 Å². The number of fused-ring (bicyclic) bond motifs is 1. The molecule has 0 saturated heterocycles. The van der Waals surface area contributed by atoms with E-state index in [4.69, 9.17) is 5.73 Å². The average molecular weight is 271 g/mol. The molecule has 0 spiro atoms. The summed E-state index contributed by atoms with van der Waals surface area (Å²) >= 11 is 0. The van der Waals surface area contributed by atoms with Crippen molar-refractivity contribution in [2.24, 2.45) is 0 Å². The van der Waals surface area contributed by atoms with Gasteiger partial charge in [0.25, 0.3) is 0 Å². The van der Waals surface area contributed by atoms with Gasteiger partial charge in [-0.15, -0.1) is 0 Å². The van der Waals surface area contributed by atoms with E-state index in [1.54, 1.807) is 23.1 Å². The highest BCUT2D eigenvalue weighted by atomic mass is 19.1. The van der Waals surface area contributed by atoms with Crippen molar-refractivity contribution in [1.29, 1.82) is 0 Å². The number of nitrogen functional groups attached to an aromatic ring is 1. The quantitative estimate of drug-likeness (QED) is 0.795. The Morgan fingerprint density at radius 2 is 2.20 bits per heavy atom. The topological polar surface area (TPSA) is 61.7 Å². The molecule has 20 heavy (non-hydrogen) atoms. The smallest absolute Gasteiger partial charge is 0.151 e. The van der Waals surface area contributed by atoms with Gasteiger partial charge in [0.05, 0.1) is 23.9 Å². The molecule has 2 heterocycles. The predicted octanol–water partition coefficient (Wildman–Crippen LogP) is 2.34. The van der Waals surface area contributed by atoms with E-state index in [1.165, 1.54) is 6.07 Å². The number of benzene rings is 1. The van der Waals surface area contributed by atoms with Crippen LogP contribution < -0.4 is 5.73 Å². The molecule has 0 bridgehead atoms.